The summed E-state index contributed by atoms with van der Waals surface area (Å²) in [5, 5.41) is 8.07. The average molecular weight is 234 g/mol. The second kappa shape index (κ2) is 5.54. The minimum Gasteiger partial charge on any atom is -0.330 e. The summed E-state index contributed by atoms with van der Waals surface area (Å²) in [4.78, 5) is 0. The van der Waals surface area contributed by atoms with Crippen molar-refractivity contribution in [2.45, 2.75) is 19.4 Å². The molecule has 0 atom stereocenters. The van der Waals surface area contributed by atoms with E-state index < -0.39 is 0 Å². The monoisotopic (exact) mass is 234 g/mol. The highest BCUT2D eigenvalue weighted by Gasteiger charge is 2.01. The Morgan fingerprint density at radius 3 is 2.71 bits per heavy atom. The molecule has 0 aliphatic rings. The summed E-state index contributed by atoms with van der Waals surface area (Å²) < 4.78 is 14.5. The predicted octanol–water partition coefficient (Wildman–Crippen LogP) is 1.36. The summed E-state index contributed by atoms with van der Waals surface area (Å²) in [5.74, 6) is -0.226. The molecule has 2 aromatic rings. The van der Waals surface area contributed by atoms with E-state index in [4.69, 9.17) is 5.73 Å². The Balaban J connectivity index is 1.98. The number of nitrogens with two attached hydrogens (primary N) is 1. The molecule has 0 saturated heterocycles. The lowest BCUT2D eigenvalue weighted by atomic mass is 10.2. The second-order valence-electron chi connectivity index (χ2n) is 3.93. The molecule has 5 heteroatoms. The summed E-state index contributed by atoms with van der Waals surface area (Å²) in [5.41, 5.74) is 7.37. The maximum Gasteiger partial charge on any atom is 0.123 e. The third-order valence-corrected chi connectivity index (χ3v) is 2.48. The van der Waals surface area contributed by atoms with Gasteiger partial charge < -0.3 is 5.73 Å². The molecule has 0 saturated carbocycles. The van der Waals surface area contributed by atoms with Gasteiger partial charge in [0.15, 0.2) is 0 Å². The minimum absolute atomic E-state index is 0.226. The fourth-order valence-electron chi connectivity index (χ4n) is 1.59. The van der Waals surface area contributed by atoms with Crippen molar-refractivity contribution in [3.8, 4) is 0 Å². The van der Waals surface area contributed by atoms with Crippen LogP contribution in [0.25, 0.3) is 0 Å². The normalized spacial score (nSPS) is 10.7. The van der Waals surface area contributed by atoms with Crippen molar-refractivity contribution >= 4 is 0 Å². The van der Waals surface area contributed by atoms with Gasteiger partial charge in [0, 0.05) is 6.20 Å². The minimum atomic E-state index is -0.226. The van der Waals surface area contributed by atoms with Crippen LogP contribution in [0.1, 0.15) is 17.7 Å². The van der Waals surface area contributed by atoms with E-state index in [1.807, 2.05) is 6.20 Å². The van der Waals surface area contributed by atoms with Crippen molar-refractivity contribution < 1.29 is 4.39 Å². The third-order valence-electron chi connectivity index (χ3n) is 2.48. The molecule has 0 fully saturated rings. The number of halogens is 1. The average Bonchev–Trinajstić information content (AvgIpc) is 2.77. The van der Waals surface area contributed by atoms with Crippen molar-refractivity contribution in [2.75, 3.05) is 6.54 Å². The molecule has 0 unspecified atom stereocenters. The van der Waals surface area contributed by atoms with Gasteiger partial charge in [-0.25, -0.2) is 9.07 Å². The zero-order valence-electron chi connectivity index (χ0n) is 9.51. The molecule has 0 radical (unpaired) electrons. The van der Waals surface area contributed by atoms with Crippen molar-refractivity contribution in [1.82, 2.24) is 15.0 Å². The Bertz CT molecular complexity index is 464. The molecule has 2 N–H and O–H groups in total. The topological polar surface area (TPSA) is 56.7 Å². The zero-order chi connectivity index (χ0) is 12.1. The number of aryl methyl sites for hydroxylation is 1. The van der Waals surface area contributed by atoms with Crippen molar-refractivity contribution in [3.63, 3.8) is 0 Å². The van der Waals surface area contributed by atoms with Crippen LogP contribution < -0.4 is 5.73 Å². The van der Waals surface area contributed by atoms with Crippen LogP contribution in [0.2, 0.25) is 0 Å². The molecule has 0 bridgehead atoms. The van der Waals surface area contributed by atoms with Crippen LogP contribution in [-0.4, -0.2) is 21.5 Å². The summed E-state index contributed by atoms with van der Waals surface area (Å²) >= 11 is 0. The van der Waals surface area contributed by atoms with E-state index in [0.29, 0.717) is 13.1 Å². The SMILES string of the molecule is NCCCc1cn(Cc2ccc(F)cc2)nn1. The van der Waals surface area contributed by atoms with Crippen LogP contribution in [0.4, 0.5) is 4.39 Å². The van der Waals surface area contributed by atoms with Crippen LogP contribution in [0.3, 0.4) is 0 Å². The molecular formula is C12H15FN4. The first-order chi connectivity index (χ1) is 8.28. The molecule has 1 aromatic carbocycles. The highest BCUT2D eigenvalue weighted by atomic mass is 19.1. The summed E-state index contributed by atoms with van der Waals surface area (Å²) in [6.07, 6.45) is 3.66. The maximum atomic E-state index is 12.7. The highest BCUT2D eigenvalue weighted by Crippen LogP contribution is 2.05. The lowest BCUT2D eigenvalue weighted by Crippen LogP contribution is -2.01. The van der Waals surface area contributed by atoms with E-state index in [2.05, 4.69) is 10.3 Å². The predicted molar refractivity (Wildman–Crippen MR) is 62.9 cm³/mol. The largest absolute Gasteiger partial charge is 0.330 e. The second-order valence-corrected chi connectivity index (χ2v) is 3.93. The summed E-state index contributed by atoms with van der Waals surface area (Å²) in [6, 6.07) is 6.39. The number of hydrogen-bond donors (Lipinski definition) is 1. The van der Waals surface area contributed by atoms with Gasteiger partial charge in [-0.15, -0.1) is 5.10 Å². The van der Waals surface area contributed by atoms with E-state index in [-0.39, 0.29) is 5.82 Å². The Labute approximate surface area is 99.2 Å². The Kier molecular flexibility index (Phi) is 3.82. The molecule has 0 spiro atoms. The van der Waals surface area contributed by atoms with Gasteiger partial charge in [0.1, 0.15) is 5.82 Å². The van der Waals surface area contributed by atoms with Crippen molar-refractivity contribution in [3.05, 3.63) is 47.5 Å². The van der Waals surface area contributed by atoms with Gasteiger partial charge in [0.25, 0.3) is 0 Å². The fourth-order valence-corrected chi connectivity index (χ4v) is 1.59. The van der Waals surface area contributed by atoms with E-state index in [1.165, 1.54) is 12.1 Å². The molecule has 0 amide bonds. The molecule has 2 rings (SSSR count). The van der Waals surface area contributed by atoms with E-state index >= 15 is 0 Å². The lowest BCUT2D eigenvalue weighted by Gasteiger charge is -2.00. The van der Waals surface area contributed by atoms with Gasteiger partial charge in [-0.3, -0.25) is 0 Å². The standard InChI is InChI=1S/C12H15FN4/c13-11-5-3-10(4-6-11)8-17-9-12(15-16-17)2-1-7-14/h3-6,9H,1-2,7-8,14H2. The van der Waals surface area contributed by atoms with Gasteiger partial charge in [0.05, 0.1) is 12.2 Å². The lowest BCUT2D eigenvalue weighted by molar-refractivity contribution is 0.621. The first-order valence-electron chi connectivity index (χ1n) is 5.61. The smallest absolute Gasteiger partial charge is 0.123 e. The van der Waals surface area contributed by atoms with Crippen LogP contribution in [0, 0.1) is 5.82 Å². The van der Waals surface area contributed by atoms with Crippen LogP contribution in [-0.2, 0) is 13.0 Å². The van der Waals surface area contributed by atoms with Crippen LogP contribution >= 0.6 is 0 Å². The number of nitrogens with zero attached hydrogens (tertiary/aromatic N) is 3. The number of benzene rings is 1. The first kappa shape index (κ1) is 11.7. The van der Waals surface area contributed by atoms with Gasteiger partial charge in [-0.1, -0.05) is 17.3 Å². The Morgan fingerprint density at radius 1 is 1.24 bits per heavy atom. The molecule has 0 aliphatic heterocycles. The first-order valence-corrected chi connectivity index (χ1v) is 5.61. The van der Waals surface area contributed by atoms with Crippen molar-refractivity contribution in [2.24, 2.45) is 5.73 Å². The highest BCUT2D eigenvalue weighted by molar-refractivity contribution is 5.16. The third kappa shape index (κ3) is 3.35. The molecule has 17 heavy (non-hydrogen) atoms. The van der Waals surface area contributed by atoms with E-state index in [9.17, 15) is 4.39 Å². The van der Waals surface area contributed by atoms with Gasteiger partial charge in [-0.05, 0) is 37.1 Å². The molecule has 0 aliphatic carbocycles. The fraction of sp³-hybridized carbons (Fsp3) is 0.333. The Hall–Kier alpha value is -1.75. The van der Waals surface area contributed by atoms with Crippen molar-refractivity contribution in [1.29, 1.82) is 0 Å². The summed E-state index contributed by atoms with van der Waals surface area (Å²) in [7, 11) is 0. The number of rotatable bonds is 5. The zero-order valence-corrected chi connectivity index (χ0v) is 9.51. The van der Waals surface area contributed by atoms with Crippen LogP contribution in [0.5, 0.6) is 0 Å². The van der Waals surface area contributed by atoms with Gasteiger partial charge in [-0.2, -0.15) is 0 Å². The molecule has 1 aromatic heterocycles. The maximum absolute atomic E-state index is 12.7. The molecule has 4 nitrogen and oxygen atoms in total. The molecule has 1 heterocycles. The molecule has 90 valence electrons. The Morgan fingerprint density at radius 2 is 2.00 bits per heavy atom. The quantitative estimate of drug-likeness (QED) is 0.849. The van der Waals surface area contributed by atoms with E-state index in [0.717, 1.165) is 24.1 Å². The van der Waals surface area contributed by atoms with Gasteiger partial charge >= 0.3 is 0 Å². The molecular weight excluding hydrogens is 219 g/mol. The van der Waals surface area contributed by atoms with Crippen LogP contribution in [0.15, 0.2) is 30.5 Å². The van der Waals surface area contributed by atoms with E-state index in [1.54, 1.807) is 16.8 Å². The number of hydrogen-bond acceptors (Lipinski definition) is 3. The summed E-state index contributed by atoms with van der Waals surface area (Å²) in [6.45, 7) is 1.26. The number of aromatic nitrogens is 3. The van der Waals surface area contributed by atoms with Gasteiger partial charge in [0.2, 0.25) is 0 Å².